The van der Waals surface area contributed by atoms with E-state index >= 15 is 0 Å². The molecule has 0 aromatic carbocycles. The molecule has 2 N–H and O–H groups in total. The van der Waals surface area contributed by atoms with Gasteiger partial charge in [0.1, 0.15) is 17.3 Å². The Bertz CT molecular complexity index is 787. The van der Waals surface area contributed by atoms with E-state index in [0.29, 0.717) is 12.4 Å². The van der Waals surface area contributed by atoms with Crippen molar-refractivity contribution in [1.82, 2.24) is 20.5 Å². The Balaban J connectivity index is 0.00000300. The number of aliphatic imine (C=N–C) groups is 1. The number of likely N-dealkylation sites (tertiary alicyclic amines) is 1. The third-order valence-electron chi connectivity index (χ3n) is 5.06. The number of halogens is 1. The van der Waals surface area contributed by atoms with Gasteiger partial charge in [-0.15, -0.1) is 24.0 Å². The summed E-state index contributed by atoms with van der Waals surface area (Å²) in [5, 5.41) is 6.72. The van der Waals surface area contributed by atoms with Gasteiger partial charge in [-0.05, 0) is 45.0 Å². The van der Waals surface area contributed by atoms with Gasteiger partial charge in [-0.3, -0.25) is 9.89 Å². The molecular formula is C21H34IN5O2. The molecule has 1 aliphatic rings. The number of aromatic nitrogens is 1. The van der Waals surface area contributed by atoms with Crippen molar-refractivity contribution in [3.63, 3.8) is 0 Å². The Labute approximate surface area is 190 Å². The Morgan fingerprint density at radius 2 is 1.93 bits per heavy atom. The quantitative estimate of drug-likeness (QED) is 0.344. The van der Waals surface area contributed by atoms with Crippen molar-refractivity contribution in [2.24, 2.45) is 4.99 Å². The van der Waals surface area contributed by atoms with Crippen LogP contribution in [0.1, 0.15) is 62.8 Å². The molecule has 0 aliphatic carbocycles. The highest BCUT2D eigenvalue weighted by molar-refractivity contribution is 14.0. The first-order valence-corrected chi connectivity index (χ1v) is 10.1. The van der Waals surface area contributed by atoms with E-state index in [1.807, 2.05) is 13.0 Å². The van der Waals surface area contributed by atoms with Crippen molar-refractivity contribution < 1.29 is 8.83 Å². The zero-order chi connectivity index (χ0) is 20.1. The first-order chi connectivity index (χ1) is 13.4. The summed E-state index contributed by atoms with van der Waals surface area (Å²) < 4.78 is 11.8. The Morgan fingerprint density at radius 1 is 1.21 bits per heavy atom. The number of hydrogen-bond donors (Lipinski definition) is 2. The van der Waals surface area contributed by atoms with E-state index in [0.717, 1.165) is 42.9 Å². The Morgan fingerprint density at radius 3 is 2.48 bits per heavy atom. The largest absolute Gasteiger partial charge is 0.465 e. The maximum Gasteiger partial charge on any atom is 0.213 e. The molecule has 1 unspecified atom stereocenters. The number of oxazole rings is 1. The number of nitrogens with zero attached hydrogens (tertiary/aromatic N) is 3. The molecule has 1 fully saturated rings. The summed E-state index contributed by atoms with van der Waals surface area (Å²) in [4.78, 5) is 11.2. The maximum absolute atomic E-state index is 5.92. The number of rotatable bonds is 6. The molecule has 0 bridgehead atoms. The van der Waals surface area contributed by atoms with E-state index in [1.54, 1.807) is 13.2 Å². The molecule has 29 heavy (non-hydrogen) atoms. The normalized spacial score (nSPS) is 16.5. The molecule has 2 aromatic heterocycles. The Hall–Kier alpha value is -1.55. The molecule has 8 heteroatoms. The smallest absolute Gasteiger partial charge is 0.213 e. The zero-order valence-electron chi connectivity index (χ0n) is 18.1. The molecule has 1 saturated heterocycles. The summed E-state index contributed by atoms with van der Waals surface area (Å²) in [6.45, 7) is 11.7. The predicted molar refractivity (Wildman–Crippen MR) is 126 cm³/mol. The number of hydrogen-bond acceptors (Lipinski definition) is 5. The molecule has 0 saturated carbocycles. The van der Waals surface area contributed by atoms with Crippen molar-refractivity contribution in [1.29, 1.82) is 0 Å². The highest BCUT2D eigenvalue weighted by atomic mass is 127. The van der Waals surface area contributed by atoms with Gasteiger partial charge in [0.15, 0.2) is 5.96 Å². The van der Waals surface area contributed by atoms with Crippen LogP contribution in [0.25, 0.3) is 0 Å². The van der Waals surface area contributed by atoms with E-state index in [-0.39, 0.29) is 35.4 Å². The van der Waals surface area contributed by atoms with Gasteiger partial charge in [0.2, 0.25) is 5.89 Å². The van der Waals surface area contributed by atoms with Gasteiger partial charge in [-0.25, -0.2) is 4.98 Å². The lowest BCUT2D eigenvalue weighted by Gasteiger charge is -2.26. The molecule has 1 aliphatic heterocycles. The zero-order valence-corrected chi connectivity index (χ0v) is 20.4. The van der Waals surface area contributed by atoms with Gasteiger partial charge in [0.05, 0.1) is 18.8 Å². The monoisotopic (exact) mass is 515 g/mol. The lowest BCUT2D eigenvalue weighted by atomic mass is 9.94. The average Bonchev–Trinajstić information content (AvgIpc) is 3.39. The summed E-state index contributed by atoms with van der Waals surface area (Å²) in [6, 6.07) is 4.31. The van der Waals surface area contributed by atoms with Crippen molar-refractivity contribution in [2.75, 3.05) is 26.7 Å². The highest BCUT2D eigenvalue weighted by Crippen LogP contribution is 2.26. The molecule has 0 spiro atoms. The molecule has 0 radical (unpaired) electrons. The van der Waals surface area contributed by atoms with Gasteiger partial charge in [-0.1, -0.05) is 20.8 Å². The second-order valence-corrected chi connectivity index (χ2v) is 8.38. The van der Waals surface area contributed by atoms with E-state index in [2.05, 4.69) is 52.3 Å². The van der Waals surface area contributed by atoms with Crippen molar-refractivity contribution >= 4 is 29.9 Å². The molecule has 7 nitrogen and oxygen atoms in total. The van der Waals surface area contributed by atoms with Crippen molar-refractivity contribution in [2.45, 2.75) is 58.5 Å². The van der Waals surface area contributed by atoms with Gasteiger partial charge in [0, 0.05) is 19.0 Å². The van der Waals surface area contributed by atoms with Crippen LogP contribution < -0.4 is 10.6 Å². The van der Waals surface area contributed by atoms with Crippen LogP contribution in [0.2, 0.25) is 0 Å². The second-order valence-electron chi connectivity index (χ2n) is 8.38. The first kappa shape index (κ1) is 23.7. The minimum atomic E-state index is -0.0463. The standard InChI is InChI=1S/C21H33N5O2.HI/c1-15-8-9-17(27-15)16(26-10-6-7-11-26)12-24-20(22-5)25-14-19-23-13-18(28-19)21(2,3)4;/h8-9,13,16H,6-7,10-12,14H2,1-5H3,(H2,22,24,25);1H. The number of furan rings is 1. The molecule has 3 heterocycles. The highest BCUT2D eigenvalue weighted by Gasteiger charge is 2.26. The summed E-state index contributed by atoms with van der Waals surface area (Å²) in [5.74, 6) is 4.22. The summed E-state index contributed by atoms with van der Waals surface area (Å²) in [6.07, 6.45) is 4.28. The van der Waals surface area contributed by atoms with Crippen LogP contribution in [0.4, 0.5) is 0 Å². The SMILES string of the molecule is CN=C(NCc1ncc(C(C)(C)C)o1)NCC(c1ccc(C)o1)N1CCCC1.I. The third-order valence-corrected chi connectivity index (χ3v) is 5.06. The third kappa shape index (κ3) is 6.47. The first-order valence-electron chi connectivity index (χ1n) is 10.1. The van der Waals surface area contributed by atoms with Crippen LogP contribution in [0.5, 0.6) is 0 Å². The Kier molecular flexibility index (Phi) is 8.57. The second kappa shape index (κ2) is 10.5. The van der Waals surface area contributed by atoms with E-state index in [9.17, 15) is 0 Å². The number of aryl methyl sites for hydroxylation is 1. The fraction of sp³-hybridized carbons (Fsp3) is 0.619. The summed E-state index contributed by atoms with van der Waals surface area (Å²) in [7, 11) is 1.77. The minimum Gasteiger partial charge on any atom is -0.465 e. The van der Waals surface area contributed by atoms with Crippen LogP contribution in [0, 0.1) is 6.92 Å². The summed E-state index contributed by atoms with van der Waals surface area (Å²) in [5.41, 5.74) is -0.0463. The lowest BCUT2D eigenvalue weighted by molar-refractivity contribution is 0.213. The van der Waals surface area contributed by atoms with E-state index in [1.165, 1.54) is 12.8 Å². The summed E-state index contributed by atoms with van der Waals surface area (Å²) >= 11 is 0. The molecule has 162 valence electrons. The lowest BCUT2D eigenvalue weighted by Crippen LogP contribution is -2.42. The minimum absolute atomic E-state index is 0. The average molecular weight is 515 g/mol. The van der Waals surface area contributed by atoms with E-state index in [4.69, 9.17) is 8.83 Å². The molecule has 0 amide bonds. The maximum atomic E-state index is 5.92. The van der Waals surface area contributed by atoms with Crippen molar-refractivity contribution in [3.05, 3.63) is 41.5 Å². The molecule has 1 atom stereocenters. The van der Waals surface area contributed by atoms with Gasteiger partial charge >= 0.3 is 0 Å². The molecular weight excluding hydrogens is 481 g/mol. The predicted octanol–water partition coefficient (Wildman–Crippen LogP) is 3.99. The molecule has 2 aromatic rings. The number of nitrogens with one attached hydrogen (secondary N) is 2. The van der Waals surface area contributed by atoms with Crippen LogP contribution in [0.15, 0.2) is 32.2 Å². The van der Waals surface area contributed by atoms with Crippen LogP contribution >= 0.6 is 24.0 Å². The van der Waals surface area contributed by atoms with Crippen LogP contribution in [-0.4, -0.2) is 42.5 Å². The van der Waals surface area contributed by atoms with Crippen LogP contribution in [-0.2, 0) is 12.0 Å². The van der Waals surface area contributed by atoms with E-state index < -0.39 is 0 Å². The fourth-order valence-corrected chi connectivity index (χ4v) is 3.41. The molecule has 3 rings (SSSR count). The van der Waals surface area contributed by atoms with Crippen molar-refractivity contribution in [3.8, 4) is 0 Å². The van der Waals surface area contributed by atoms with Crippen LogP contribution in [0.3, 0.4) is 0 Å². The number of guanidine groups is 1. The fourth-order valence-electron chi connectivity index (χ4n) is 3.41. The van der Waals surface area contributed by atoms with Gasteiger partial charge in [0.25, 0.3) is 0 Å². The van der Waals surface area contributed by atoms with Gasteiger partial charge < -0.3 is 19.5 Å². The topological polar surface area (TPSA) is 78.8 Å². The van der Waals surface area contributed by atoms with Gasteiger partial charge in [-0.2, -0.15) is 0 Å².